The smallest absolute Gasteiger partial charge is 0.330 e. The lowest BCUT2D eigenvalue weighted by atomic mass is 10.2. The Balaban J connectivity index is 1.68. The molecule has 0 atom stereocenters. The molecule has 0 unspecified atom stereocenters. The molecule has 0 saturated heterocycles. The van der Waals surface area contributed by atoms with Crippen LogP contribution >= 0.6 is 0 Å². The van der Waals surface area contributed by atoms with Crippen molar-refractivity contribution in [3.63, 3.8) is 0 Å². The van der Waals surface area contributed by atoms with Gasteiger partial charge in [-0.15, -0.1) is 0 Å². The largest absolute Gasteiger partial charge is 0.337 e. The molecule has 4 aromatic rings. The number of aryl methyl sites for hydroxylation is 1. The lowest BCUT2D eigenvalue weighted by Gasteiger charge is -2.21. The fourth-order valence-electron chi connectivity index (χ4n) is 3.37. The summed E-state index contributed by atoms with van der Waals surface area (Å²) in [6, 6.07) is 13.3. The van der Waals surface area contributed by atoms with Crippen molar-refractivity contribution in [2.75, 3.05) is 6.54 Å². The number of fused-ring (bicyclic) bond motifs is 1. The fraction of sp³-hybridized carbons (Fsp3) is 0.227. The second kappa shape index (κ2) is 8.28. The van der Waals surface area contributed by atoms with Crippen molar-refractivity contribution in [2.45, 2.75) is 20.0 Å². The Hall–Kier alpha value is -3.81. The fourth-order valence-corrected chi connectivity index (χ4v) is 3.37. The van der Waals surface area contributed by atoms with Gasteiger partial charge in [-0.25, -0.2) is 14.8 Å². The van der Waals surface area contributed by atoms with Gasteiger partial charge in [0.15, 0.2) is 11.5 Å². The van der Waals surface area contributed by atoms with E-state index in [4.69, 9.17) is 0 Å². The molecule has 1 aromatic carbocycles. The first kappa shape index (κ1) is 19.5. The molecule has 8 heteroatoms. The van der Waals surface area contributed by atoms with Crippen molar-refractivity contribution >= 4 is 17.1 Å². The van der Waals surface area contributed by atoms with Crippen LogP contribution in [0.2, 0.25) is 0 Å². The van der Waals surface area contributed by atoms with Crippen LogP contribution in [0.25, 0.3) is 22.6 Å². The van der Waals surface area contributed by atoms with Gasteiger partial charge in [0.2, 0.25) is 5.91 Å². The number of rotatable bonds is 6. The van der Waals surface area contributed by atoms with Crippen molar-refractivity contribution < 1.29 is 4.79 Å². The number of imidazole rings is 1. The zero-order valence-corrected chi connectivity index (χ0v) is 16.9. The first-order valence-corrected chi connectivity index (χ1v) is 9.73. The minimum Gasteiger partial charge on any atom is -0.337 e. The Labute approximate surface area is 173 Å². The first-order valence-electron chi connectivity index (χ1n) is 9.73. The summed E-state index contributed by atoms with van der Waals surface area (Å²) in [5.74, 6) is 0.364. The predicted molar refractivity (Wildman–Crippen MR) is 114 cm³/mol. The van der Waals surface area contributed by atoms with Gasteiger partial charge in [-0.2, -0.15) is 0 Å². The van der Waals surface area contributed by atoms with E-state index in [0.717, 1.165) is 11.1 Å². The Morgan fingerprint density at radius 2 is 1.83 bits per heavy atom. The lowest BCUT2D eigenvalue weighted by Crippen LogP contribution is -2.36. The highest BCUT2D eigenvalue weighted by Crippen LogP contribution is 2.17. The Morgan fingerprint density at radius 3 is 2.53 bits per heavy atom. The van der Waals surface area contributed by atoms with Crippen LogP contribution in [0.1, 0.15) is 12.5 Å². The first-order chi connectivity index (χ1) is 14.6. The quantitative estimate of drug-likeness (QED) is 0.495. The molecular weight excluding hydrogens is 379 g/mol. The summed E-state index contributed by atoms with van der Waals surface area (Å²) in [5, 5.41) is 0. The number of hydrogen-bond donors (Lipinski definition) is 0. The van der Waals surface area contributed by atoms with Crippen molar-refractivity contribution in [3.8, 4) is 11.4 Å². The van der Waals surface area contributed by atoms with Gasteiger partial charge >= 0.3 is 5.69 Å². The number of carbonyl (C=O) groups is 1. The predicted octanol–water partition coefficient (Wildman–Crippen LogP) is 2.24. The van der Waals surface area contributed by atoms with E-state index in [1.165, 1.54) is 9.13 Å². The molecule has 0 fully saturated rings. The van der Waals surface area contributed by atoms with Gasteiger partial charge in [-0.1, -0.05) is 30.3 Å². The average Bonchev–Trinajstić information content (AvgIpc) is 3.03. The van der Waals surface area contributed by atoms with Gasteiger partial charge in [0.25, 0.3) is 0 Å². The molecule has 0 aliphatic heterocycles. The third-order valence-corrected chi connectivity index (χ3v) is 5.07. The van der Waals surface area contributed by atoms with E-state index >= 15 is 0 Å². The third-order valence-electron chi connectivity index (χ3n) is 5.07. The summed E-state index contributed by atoms with van der Waals surface area (Å²) in [6.45, 7) is 2.83. The standard InChI is InChI=1S/C22H22N6O2/c1-3-27(14-16-9-11-23-12-10-16)19(29)15-28-21-18(26(2)22(28)30)13-24-20(25-21)17-7-5-4-6-8-17/h4-13H,3,14-15H2,1-2H3/i2-1. The zero-order chi connectivity index (χ0) is 21.1. The maximum Gasteiger partial charge on any atom is 0.330 e. The van der Waals surface area contributed by atoms with E-state index in [0.29, 0.717) is 30.1 Å². The average molecular weight is 401 g/mol. The highest BCUT2D eigenvalue weighted by atomic mass is 16.2. The summed E-state index contributed by atoms with van der Waals surface area (Å²) < 4.78 is 2.89. The van der Waals surface area contributed by atoms with Gasteiger partial charge in [0.1, 0.15) is 12.1 Å². The van der Waals surface area contributed by atoms with Crippen LogP contribution in [-0.4, -0.2) is 41.4 Å². The van der Waals surface area contributed by atoms with Gasteiger partial charge in [0.05, 0.1) is 6.20 Å². The number of carbonyl (C=O) groups excluding carboxylic acids is 1. The van der Waals surface area contributed by atoms with Crippen molar-refractivity contribution in [1.82, 2.24) is 29.0 Å². The molecule has 0 saturated carbocycles. The van der Waals surface area contributed by atoms with Crippen LogP contribution in [0.4, 0.5) is 0 Å². The van der Waals surface area contributed by atoms with Crippen molar-refractivity contribution in [3.05, 3.63) is 77.1 Å². The number of pyridine rings is 1. The summed E-state index contributed by atoms with van der Waals surface area (Å²) in [5.41, 5.74) is 2.58. The third kappa shape index (κ3) is 3.71. The van der Waals surface area contributed by atoms with Gasteiger partial charge in [-0.3, -0.25) is 18.9 Å². The summed E-state index contributed by atoms with van der Waals surface area (Å²) in [7, 11) is 1.66. The maximum atomic E-state index is 13.0. The molecule has 8 nitrogen and oxygen atoms in total. The Kier molecular flexibility index (Phi) is 5.38. The van der Waals surface area contributed by atoms with E-state index in [1.807, 2.05) is 49.4 Å². The number of amides is 1. The SMILES string of the molecule is CCN(Cc1ccncc1)C(=O)Cn1c(=O)n([11CH3])c2cnc(-c3ccccc3)nc21. The van der Waals surface area contributed by atoms with Crippen LogP contribution in [0, 0.1) is 0 Å². The van der Waals surface area contributed by atoms with E-state index < -0.39 is 0 Å². The highest BCUT2D eigenvalue weighted by molar-refractivity contribution is 5.79. The molecular formula is C22H22N6O2. The topological polar surface area (TPSA) is 85.9 Å². The van der Waals surface area contributed by atoms with Gasteiger partial charge in [-0.05, 0) is 24.6 Å². The number of benzene rings is 1. The summed E-state index contributed by atoms with van der Waals surface area (Å²) >= 11 is 0. The molecule has 4 rings (SSSR count). The van der Waals surface area contributed by atoms with Crippen LogP contribution in [0.3, 0.4) is 0 Å². The second-order valence-electron chi connectivity index (χ2n) is 6.96. The van der Waals surface area contributed by atoms with Crippen molar-refractivity contribution in [2.24, 2.45) is 7.05 Å². The molecule has 0 spiro atoms. The van der Waals surface area contributed by atoms with Gasteiger partial charge in [0, 0.05) is 38.1 Å². The highest BCUT2D eigenvalue weighted by Gasteiger charge is 2.19. The van der Waals surface area contributed by atoms with Crippen molar-refractivity contribution in [1.29, 1.82) is 0 Å². The summed E-state index contributed by atoms with van der Waals surface area (Å²) in [4.78, 5) is 40.5. The van der Waals surface area contributed by atoms with E-state index in [9.17, 15) is 9.59 Å². The second-order valence-corrected chi connectivity index (χ2v) is 6.96. The van der Waals surface area contributed by atoms with E-state index in [-0.39, 0.29) is 18.1 Å². The monoisotopic (exact) mass is 401 g/mol. The molecule has 0 N–H and O–H groups in total. The molecule has 0 aliphatic carbocycles. The molecule has 0 aliphatic rings. The molecule has 3 aromatic heterocycles. The van der Waals surface area contributed by atoms with E-state index in [1.54, 1.807) is 30.5 Å². The molecule has 30 heavy (non-hydrogen) atoms. The van der Waals surface area contributed by atoms with Crippen LogP contribution in [0.15, 0.2) is 65.8 Å². The van der Waals surface area contributed by atoms with Crippen LogP contribution in [-0.2, 0) is 24.9 Å². The van der Waals surface area contributed by atoms with Crippen LogP contribution < -0.4 is 5.69 Å². The number of nitrogens with zero attached hydrogens (tertiary/aromatic N) is 6. The molecule has 3 heterocycles. The summed E-state index contributed by atoms with van der Waals surface area (Å²) in [6.07, 6.45) is 5.03. The molecule has 0 bridgehead atoms. The normalized spacial score (nSPS) is 11.0. The maximum absolute atomic E-state index is 13.0. The van der Waals surface area contributed by atoms with E-state index in [2.05, 4.69) is 15.0 Å². The molecule has 0 radical (unpaired) electrons. The zero-order valence-electron chi connectivity index (χ0n) is 16.9. The Bertz CT molecular complexity index is 1230. The minimum atomic E-state index is -0.294. The number of likely N-dealkylation sites (N-methyl/N-ethyl adjacent to an activating group) is 1. The van der Waals surface area contributed by atoms with Gasteiger partial charge < -0.3 is 4.90 Å². The number of hydrogen-bond acceptors (Lipinski definition) is 5. The molecule has 1 amide bonds. The Morgan fingerprint density at radius 1 is 1.10 bits per heavy atom. The lowest BCUT2D eigenvalue weighted by molar-refractivity contribution is -0.132. The minimum absolute atomic E-state index is 0.0830. The molecule has 152 valence electrons. The number of aromatic nitrogens is 5. The van der Waals surface area contributed by atoms with Crippen LogP contribution in [0.5, 0.6) is 0 Å².